The van der Waals surface area contributed by atoms with E-state index in [1.54, 1.807) is 12.3 Å². The van der Waals surface area contributed by atoms with Crippen LogP contribution in [0.2, 0.25) is 0 Å². The van der Waals surface area contributed by atoms with Gasteiger partial charge >= 0.3 is 0 Å². The van der Waals surface area contributed by atoms with Crippen molar-refractivity contribution in [3.05, 3.63) is 30.1 Å². The number of rotatable bonds is 2. The Morgan fingerprint density at radius 3 is 2.62 bits per heavy atom. The standard InChI is InChI=1S/C8H9N3.C2H6/c9-5-7(6-10)8-3-1-2-4-11-8;1-2/h1-4,7H,5,9H2;1-2H3. The summed E-state index contributed by atoms with van der Waals surface area (Å²) in [6.07, 6.45) is 1.66. The molecule has 0 saturated carbocycles. The van der Waals surface area contributed by atoms with Crippen molar-refractivity contribution >= 4 is 0 Å². The summed E-state index contributed by atoms with van der Waals surface area (Å²) in [5, 5.41) is 8.61. The zero-order valence-corrected chi connectivity index (χ0v) is 8.07. The van der Waals surface area contributed by atoms with E-state index in [2.05, 4.69) is 11.1 Å². The topological polar surface area (TPSA) is 62.7 Å². The molecule has 1 atom stereocenters. The Bertz CT molecular complexity index is 251. The number of aromatic nitrogens is 1. The lowest BCUT2D eigenvalue weighted by molar-refractivity contribution is 0.827. The first-order valence-electron chi connectivity index (χ1n) is 4.39. The summed E-state index contributed by atoms with van der Waals surface area (Å²) in [5.41, 5.74) is 6.10. The maximum Gasteiger partial charge on any atom is 0.101 e. The monoisotopic (exact) mass is 177 g/mol. The Hall–Kier alpha value is -1.40. The number of nitriles is 1. The molecule has 1 aromatic rings. The van der Waals surface area contributed by atoms with Crippen LogP contribution in [0.15, 0.2) is 24.4 Å². The Kier molecular flexibility index (Phi) is 6.48. The van der Waals surface area contributed by atoms with Crippen molar-refractivity contribution in [3.8, 4) is 6.07 Å². The molecule has 70 valence electrons. The lowest BCUT2D eigenvalue weighted by atomic mass is 10.1. The van der Waals surface area contributed by atoms with E-state index in [-0.39, 0.29) is 5.92 Å². The molecule has 0 fully saturated rings. The van der Waals surface area contributed by atoms with Crippen molar-refractivity contribution in [3.63, 3.8) is 0 Å². The third-order valence-corrected chi connectivity index (χ3v) is 1.44. The first kappa shape index (κ1) is 11.6. The number of pyridine rings is 1. The van der Waals surface area contributed by atoms with Gasteiger partial charge in [-0.05, 0) is 12.1 Å². The lowest BCUT2D eigenvalue weighted by Gasteiger charge is -2.02. The second-order valence-electron chi connectivity index (χ2n) is 2.17. The fourth-order valence-electron chi connectivity index (χ4n) is 0.822. The van der Waals surface area contributed by atoms with E-state index in [9.17, 15) is 0 Å². The molecule has 0 aromatic carbocycles. The quantitative estimate of drug-likeness (QED) is 0.747. The number of hydrogen-bond acceptors (Lipinski definition) is 3. The molecule has 2 N–H and O–H groups in total. The molecule has 1 unspecified atom stereocenters. The lowest BCUT2D eigenvalue weighted by Crippen LogP contribution is -2.11. The molecule has 0 spiro atoms. The van der Waals surface area contributed by atoms with Crippen LogP contribution in [0.25, 0.3) is 0 Å². The van der Waals surface area contributed by atoms with Crippen molar-refractivity contribution < 1.29 is 0 Å². The number of nitrogens with zero attached hydrogens (tertiary/aromatic N) is 2. The molecule has 13 heavy (non-hydrogen) atoms. The highest BCUT2D eigenvalue weighted by atomic mass is 14.7. The summed E-state index contributed by atoms with van der Waals surface area (Å²) in [5.74, 6) is -0.267. The summed E-state index contributed by atoms with van der Waals surface area (Å²) in [4.78, 5) is 4.02. The maximum atomic E-state index is 8.61. The molecule has 0 amide bonds. The zero-order valence-electron chi connectivity index (χ0n) is 8.07. The Balaban J connectivity index is 0.000000671. The van der Waals surface area contributed by atoms with Crippen LogP contribution >= 0.6 is 0 Å². The van der Waals surface area contributed by atoms with Crippen LogP contribution in [0, 0.1) is 11.3 Å². The SMILES string of the molecule is CC.N#CC(CN)c1ccccn1. The van der Waals surface area contributed by atoms with E-state index in [0.29, 0.717) is 6.54 Å². The van der Waals surface area contributed by atoms with E-state index in [1.165, 1.54) is 0 Å². The Morgan fingerprint density at radius 1 is 1.54 bits per heavy atom. The van der Waals surface area contributed by atoms with Gasteiger partial charge < -0.3 is 5.73 Å². The highest BCUT2D eigenvalue weighted by molar-refractivity contribution is 5.16. The number of nitrogens with two attached hydrogens (primary N) is 1. The molecule has 3 heteroatoms. The van der Waals surface area contributed by atoms with Crippen LogP contribution in [-0.4, -0.2) is 11.5 Å². The van der Waals surface area contributed by atoms with Crippen LogP contribution in [0.4, 0.5) is 0 Å². The minimum Gasteiger partial charge on any atom is -0.329 e. The van der Waals surface area contributed by atoms with Crippen LogP contribution < -0.4 is 5.73 Å². The van der Waals surface area contributed by atoms with Crippen molar-refractivity contribution in [2.24, 2.45) is 5.73 Å². The summed E-state index contributed by atoms with van der Waals surface area (Å²) < 4.78 is 0. The van der Waals surface area contributed by atoms with Gasteiger partial charge in [-0.3, -0.25) is 4.98 Å². The van der Waals surface area contributed by atoms with Gasteiger partial charge in [-0.15, -0.1) is 0 Å². The van der Waals surface area contributed by atoms with Crippen LogP contribution in [0.1, 0.15) is 25.5 Å². The van der Waals surface area contributed by atoms with Gasteiger partial charge in [0.05, 0.1) is 11.8 Å². The Morgan fingerprint density at radius 2 is 2.23 bits per heavy atom. The van der Waals surface area contributed by atoms with Gasteiger partial charge in [0, 0.05) is 12.7 Å². The maximum absolute atomic E-state index is 8.61. The molecule has 1 aromatic heterocycles. The van der Waals surface area contributed by atoms with Crippen molar-refractivity contribution in [1.82, 2.24) is 4.98 Å². The van der Waals surface area contributed by atoms with Crippen LogP contribution in [0.5, 0.6) is 0 Å². The highest BCUT2D eigenvalue weighted by Crippen LogP contribution is 2.08. The van der Waals surface area contributed by atoms with Gasteiger partial charge in [-0.25, -0.2) is 0 Å². The molecule has 0 aliphatic rings. The third kappa shape index (κ3) is 3.68. The summed E-state index contributed by atoms with van der Waals surface area (Å²) in [6.45, 7) is 4.33. The second-order valence-corrected chi connectivity index (χ2v) is 2.17. The fraction of sp³-hybridized carbons (Fsp3) is 0.400. The van der Waals surface area contributed by atoms with Gasteiger partial charge in [-0.2, -0.15) is 5.26 Å². The average molecular weight is 177 g/mol. The fourth-order valence-corrected chi connectivity index (χ4v) is 0.822. The van der Waals surface area contributed by atoms with Crippen molar-refractivity contribution in [1.29, 1.82) is 5.26 Å². The van der Waals surface area contributed by atoms with Gasteiger partial charge in [0.25, 0.3) is 0 Å². The highest BCUT2D eigenvalue weighted by Gasteiger charge is 2.07. The smallest absolute Gasteiger partial charge is 0.101 e. The predicted molar refractivity (Wildman–Crippen MR) is 53.0 cm³/mol. The van der Waals surface area contributed by atoms with E-state index in [1.807, 2.05) is 26.0 Å². The minimum atomic E-state index is -0.267. The molecule has 0 aliphatic carbocycles. The average Bonchev–Trinajstić information content (AvgIpc) is 2.24. The molecule has 1 heterocycles. The molecule has 0 saturated heterocycles. The summed E-state index contributed by atoms with van der Waals surface area (Å²) in [7, 11) is 0. The molecular formula is C10H15N3. The van der Waals surface area contributed by atoms with E-state index >= 15 is 0 Å². The van der Waals surface area contributed by atoms with Crippen molar-refractivity contribution in [2.75, 3.05) is 6.54 Å². The van der Waals surface area contributed by atoms with Crippen LogP contribution in [-0.2, 0) is 0 Å². The molecule has 0 bridgehead atoms. The zero-order chi connectivity index (χ0) is 10.1. The summed E-state index contributed by atoms with van der Waals surface area (Å²) in [6, 6.07) is 7.55. The first-order chi connectivity index (χ1) is 6.38. The number of hydrogen-bond donors (Lipinski definition) is 1. The summed E-state index contributed by atoms with van der Waals surface area (Å²) >= 11 is 0. The van der Waals surface area contributed by atoms with E-state index < -0.39 is 0 Å². The largest absolute Gasteiger partial charge is 0.329 e. The Labute approximate surface area is 79.2 Å². The van der Waals surface area contributed by atoms with Gasteiger partial charge in [0.15, 0.2) is 0 Å². The third-order valence-electron chi connectivity index (χ3n) is 1.44. The van der Waals surface area contributed by atoms with Gasteiger partial charge in [-0.1, -0.05) is 19.9 Å². The van der Waals surface area contributed by atoms with Gasteiger partial charge in [0.1, 0.15) is 5.92 Å². The van der Waals surface area contributed by atoms with Gasteiger partial charge in [0.2, 0.25) is 0 Å². The molecule has 0 aliphatic heterocycles. The van der Waals surface area contributed by atoms with E-state index in [4.69, 9.17) is 11.0 Å². The van der Waals surface area contributed by atoms with E-state index in [0.717, 1.165) is 5.69 Å². The molecule has 1 rings (SSSR count). The minimum absolute atomic E-state index is 0.267. The second kappa shape index (κ2) is 7.26. The normalized spacial score (nSPS) is 10.6. The first-order valence-corrected chi connectivity index (χ1v) is 4.39. The van der Waals surface area contributed by atoms with Crippen LogP contribution in [0.3, 0.4) is 0 Å². The molecular weight excluding hydrogens is 162 g/mol. The molecule has 0 radical (unpaired) electrons. The predicted octanol–water partition coefficient (Wildman–Crippen LogP) is 1.67. The van der Waals surface area contributed by atoms with Crippen molar-refractivity contribution in [2.45, 2.75) is 19.8 Å². The molecule has 3 nitrogen and oxygen atoms in total.